The Morgan fingerprint density at radius 1 is 1.14 bits per heavy atom. The predicted molar refractivity (Wildman–Crippen MR) is 82.3 cm³/mol. The van der Waals surface area contributed by atoms with Gasteiger partial charge in [0.15, 0.2) is 0 Å². The van der Waals surface area contributed by atoms with Gasteiger partial charge in [-0.15, -0.1) is 0 Å². The third-order valence-corrected chi connectivity index (χ3v) is 2.92. The van der Waals surface area contributed by atoms with E-state index in [1.165, 1.54) is 0 Å². The fourth-order valence-electron chi connectivity index (χ4n) is 1.80. The molecule has 2 rings (SSSR count). The molecule has 0 amide bonds. The monoisotopic (exact) mass is 277 g/mol. The van der Waals surface area contributed by atoms with E-state index in [4.69, 9.17) is 4.74 Å². The first-order chi connectivity index (χ1) is 10.2. The van der Waals surface area contributed by atoms with E-state index >= 15 is 0 Å². The Morgan fingerprint density at radius 3 is 2.38 bits per heavy atom. The van der Waals surface area contributed by atoms with Crippen LogP contribution in [0.25, 0.3) is 11.6 Å². The number of nitrogens with zero attached hydrogens (tertiary/aromatic N) is 1. The summed E-state index contributed by atoms with van der Waals surface area (Å²) in [5, 5.41) is 9.26. The number of ether oxygens (including phenoxy) is 1. The predicted octanol–water partition coefficient (Wildman–Crippen LogP) is 4.07. The number of benzene rings is 2. The Bertz CT molecular complexity index is 679. The molecule has 0 aliphatic heterocycles. The molecule has 0 aromatic heterocycles. The van der Waals surface area contributed by atoms with Gasteiger partial charge in [-0.05, 0) is 29.3 Å². The van der Waals surface area contributed by atoms with Gasteiger partial charge in [-0.1, -0.05) is 49.4 Å². The second-order valence-corrected chi connectivity index (χ2v) is 4.43. The molecule has 0 unspecified atom stereocenters. The van der Waals surface area contributed by atoms with Crippen molar-refractivity contribution in [1.82, 2.24) is 0 Å². The Hall–Kier alpha value is -2.86. The van der Waals surface area contributed by atoms with Gasteiger partial charge in [-0.3, -0.25) is 4.79 Å². The molecule has 3 nitrogen and oxygen atoms in total. The highest BCUT2D eigenvalue weighted by molar-refractivity contribution is 5.89. The molecule has 0 N–H and O–H groups in total. The standard InChI is InChI=1S/C18H15NO2/c1-2-18(20)21-17-10-8-14(9-11-17)12-16(13-19)15-6-4-3-5-7-15/h3-12H,2H2,1H3/b16-12-. The van der Waals surface area contributed by atoms with Crippen molar-refractivity contribution in [3.63, 3.8) is 0 Å². The van der Waals surface area contributed by atoms with E-state index in [1.54, 1.807) is 25.1 Å². The lowest BCUT2D eigenvalue weighted by molar-refractivity contribution is -0.134. The van der Waals surface area contributed by atoms with Crippen LogP contribution < -0.4 is 4.74 Å². The SMILES string of the molecule is CCC(=O)Oc1ccc(/C=C(/C#N)c2ccccc2)cc1. The molecule has 0 heterocycles. The van der Waals surface area contributed by atoms with Crippen LogP contribution in [0.15, 0.2) is 54.6 Å². The van der Waals surface area contributed by atoms with Crippen molar-refractivity contribution in [2.45, 2.75) is 13.3 Å². The van der Waals surface area contributed by atoms with Crippen LogP contribution in [0.1, 0.15) is 24.5 Å². The lowest BCUT2D eigenvalue weighted by Gasteiger charge is -2.03. The van der Waals surface area contributed by atoms with Gasteiger partial charge >= 0.3 is 5.97 Å². The van der Waals surface area contributed by atoms with Gasteiger partial charge in [0.05, 0.1) is 11.6 Å². The van der Waals surface area contributed by atoms with E-state index in [0.29, 0.717) is 17.7 Å². The summed E-state index contributed by atoms with van der Waals surface area (Å²) < 4.78 is 5.11. The highest BCUT2D eigenvalue weighted by Crippen LogP contribution is 2.19. The lowest BCUT2D eigenvalue weighted by atomic mass is 10.0. The Kier molecular flexibility index (Phi) is 4.89. The minimum Gasteiger partial charge on any atom is -0.427 e. The number of nitriles is 1. The van der Waals surface area contributed by atoms with Gasteiger partial charge in [0.1, 0.15) is 5.75 Å². The summed E-state index contributed by atoms with van der Waals surface area (Å²) in [6.45, 7) is 1.75. The largest absolute Gasteiger partial charge is 0.427 e. The molecule has 21 heavy (non-hydrogen) atoms. The highest BCUT2D eigenvalue weighted by atomic mass is 16.5. The molecule has 0 bridgehead atoms. The van der Waals surface area contributed by atoms with Gasteiger partial charge in [-0.2, -0.15) is 5.26 Å². The van der Waals surface area contributed by atoms with E-state index in [-0.39, 0.29) is 5.97 Å². The molecular weight excluding hydrogens is 262 g/mol. The number of carbonyl (C=O) groups is 1. The Labute approximate surface area is 124 Å². The van der Waals surface area contributed by atoms with Crippen LogP contribution in [0.2, 0.25) is 0 Å². The normalized spacial score (nSPS) is 10.8. The third kappa shape index (κ3) is 4.05. The van der Waals surface area contributed by atoms with Crippen molar-refractivity contribution in [3.05, 3.63) is 65.7 Å². The number of esters is 1. The average Bonchev–Trinajstić information content (AvgIpc) is 2.54. The van der Waals surface area contributed by atoms with Crippen LogP contribution in [0.4, 0.5) is 0 Å². The molecule has 0 spiro atoms. The molecule has 0 aliphatic rings. The summed E-state index contributed by atoms with van der Waals surface area (Å²) in [5.74, 6) is 0.248. The second kappa shape index (κ2) is 7.06. The molecule has 0 atom stereocenters. The van der Waals surface area contributed by atoms with Gasteiger partial charge in [-0.25, -0.2) is 0 Å². The minimum absolute atomic E-state index is 0.264. The maximum Gasteiger partial charge on any atom is 0.310 e. The topological polar surface area (TPSA) is 50.1 Å². The van der Waals surface area contributed by atoms with Crippen molar-refractivity contribution in [2.75, 3.05) is 0 Å². The van der Waals surface area contributed by atoms with Crippen LogP contribution >= 0.6 is 0 Å². The molecule has 2 aromatic rings. The molecule has 0 saturated heterocycles. The zero-order chi connectivity index (χ0) is 15.1. The zero-order valence-electron chi connectivity index (χ0n) is 11.7. The third-order valence-electron chi connectivity index (χ3n) is 2.92. The molecule has 0 aliphatic carbocycles. The first-order valence-corrected chi connectivity index (χ1v) is 6.71. The molecule has 2 aromatic carbocycles. The number of carbonyl (C=O) groups excluding carboxylic acids is 1. The average molecular weight is 277 g/mol. The lowest BCUT2D eigenvalue weighted by Crippen LogP contribution is -2.05. The van der Waals surface area contributed by atoms with Crippen molar-refractivity contribution in [3.8, 4) is 11.8 Å². The Balaban J connectivity index is 2.20. The Morgan fingerprint density at radius 2 is 1.81 bits per heavy atom. The van der Waals surface area contributed by atoms with Crippen LogP contribution in [0.5, 0.6) is 5.75 Å². The quantitative estimate of drug-likeness (QED) is 0.366. The van der Waals surface area contributed by atoms with E-state index in [1.807, 2.05) is 42.5 Å². The first-order valence-electron chi connectivity index (χ1n) is 6.71. The van der Waals surface area contributed by atoms with Crippen LogP contribution in [0, 0.1) is 11.3 Å². The number of hydrogen-bond donors (Lipinski definition) is 0. The second-order valence-electron chi connectivity index (χ2n) is 4.43. The summed E-state index contributed by atoms with van der Waals surface area (Å²) >= 11 is 0. The molecule has 0 radical (unpaired) electrons. The summed E-state index contributed by atoms with van der Waals surface area (Å²) in [4.78, 5) is 11.2. The molecular formula is C18H15NO2. The molecule has 3 heteroatoms. The maximum atomic E-state index is 11.2. The van der Waals surface area contributed by atoms with Crippen LogP contribution in [-0.4, -0.2) is 5.97 Å². The number of rotatable bonds is 4. The van der Waals surface area contributed by atoms with E-state index in [9.17, 15) is 10.1 Å². The summed E-state index contributed by atoms with van der Waals surface area (Å²) in [7, 11) is 0. The van der Waals surface area contributed by atoms with Crippen molar-refractivity contribution in [2.24, 2.45) is 0 Å². The molecule has 104 valence electrons. The van der Waals surface area contributed by atoms with Gasteiger partial charge in [0.25, 0.3) is 0 Å². The molecule has 0 saturated carbocycles. The first kappa shape index (κ1) is 14.5. The fraction of sp³-hybridized carbons (Fsp3) is 0.111. The van der Waals surface area contributed by atoms with Gasteiger partial charge in [0.2, 0.25) is 0 Å². The van der Waals surface area contributed by atoms with Crippen LogP contribution in [-0.2, 0) is 4.79 Å². The summed E-state index contributed by atoms with van der Waals surface area (Å²) in [5.41, 5.74) is 2.35. The highest BCUT2D eigenvalue weighted by Gasteiger charge is 2.02. The van der Waals surface area contributed by atoms with Crippen LogP contribution in [0.3, 0.4) is 0 Å². The zero-order valence-corrected chi connectivity index (χ0v) is 11.7. The maximum absolute atomic E-state index is 11.2. The van der Waals surface area contributed by atoms with E-state index in [0.717, 1.165) is 11.1 Å². The van der Waals surface area contributed by atoms with Gasteiger partial charge < -0.3 is 4.74 Å². The molecule has 0 fully saturated rings. The number of allylic oxidation sites excluding steroid dienone is 1. The fourth-order valence-corrected chi connectivity index (χ4v) is 1.80. The minimum atomic E-state index is -0.264. The summed E-state index contributed by atoms with van der Waals surface area (Å²) in [6, 6.07) is 18.8. The van der Waals surface area contributed by atoms with Gasteiger partial charge in [0, 0.05) is 6.42 Å². The van der Waals surface area contributed by atoms with E-state index in [2.05, 4.69) is 6.07 Å². The summed E-state index contributed by atoms with van der Waals surface area (Å²) in [6.07, 6.45) is 2.15. The van der Waals surface area contributed by atoms with E-state index < -0.39 is 0 Å². The van der Waals surface area contributed by atoms with Crippen molar-refractivity contribution in [1.29, 1.82) is 5.26 Å². The van der Waals surface area contributed by atoms with Crippen molar-refractivity contribution >= 4 is 17.6 Å². The van der Waals surface area contributed by atoms with Crippen molar-refractivity contribution < 1.29 is 9.53 Å². The number of hydrogen-bond acceptors (Lipinski definition) is 3. The smallest absolute Gasteiger partial charge is 0.310 e.